The van der Waals surface area contributed by atoms with Gasteiger partial charge in [-0.1, -0.05) is 50.7 Å². The average Bonchev–Trinajstić information content (AvgIpc) is 2.36. The van der Waals surface area contributed by atoms with Gasteiger partial charge in [0.25, 0.3) is 0 Å². The van der Waals surface area contributed by atoms with Gasteiger partial charge in [-0.05, 0) is 56.1 Å². The maximum absolute atomic E-state index is 6.18. The number of halogens is 6. The Morgan fingerprint density at radius 3 is 2.05 bits per heavy atom. The van der Waals surface area contributed by atoms with Crippen LogP contribution in [0.3, 0.4) is 0 Å². The lowest BCUT2D eigenvalue weighted by Gasteiger charge is -2.14. The van der Waals surface area contributed by atoms with Gasteiger partial charge in [0.15, 0.2) is 0 Å². The van der Waals surface area contributed by atoms with Crippen molar-refractivity contribution in [1.29, 1.82) is 0 Å². The first-order chi connectivity index (χ1) is 9.40. The van der Waals surface area contributed by atoms with Crippen LogP contribution in [-0.4, -0.2) is 0 Å². The molecule has 106 valence electrons. The Morgan fingerprint density at radius 2 is 1.45 bits per heavy atom. The number of nitrogens with one attached hydrogen (secondary N) is 1. The van der Waals surface area contributed by atoms with Crippen molar-refractivity contribution in [3.8, 4) is 0 Å². The summed E-state index contributed by atoms with van der Waals surface area (Å²) in [6.07, 6.45) is 0. The average molecular weight is 523 g/mol. The minimum absolute atomic E-state index is 0.469. The summed E-state index contributed by atoms with van der Waals surface area (Å²) < 4.78 is 2.82. The van der Waals surface area contributed by atoms with E-state index in [1.807, 2.05) is 12.1 Å². The second kappa shape index (κ2) is 7.21. The Hall–Kier alpha value is 0.550. The van der Waals surface area contributed by atoms with Crippen molar-refractivity contribution in [3.05, 3.63) is 58.3 Å². The Kier molecular flexibility index (Phi) is 6.10. The van der Waals surface area contributed by atoms with Crippen molar-refractivity contribution in [2.75, 3.05) is 5.32 Å². The Morgan fingerprint density at radius 1 is 0.900 bits per heavy atom. The highest BCUT2D eigenvalue weighted by Crippen LogP contribution is 2.36. The normalized spacial score (nSPS) is 10.7. The molecule has 0 aliphatic heterocycles. The van der Waals surface area contributed by atoms with Gasteiger partial charge in [0.1, 0.15) is 0 Å². The third kappa shape index (κ3) is 3.84. The lowest BCUT2D eigenvalue weighted by Crippen LogP contribution is -2.02. The largest absolute Gasteiger partial charge is 0.379 e. The zero-order valence-corrected chi connectivity index (χ0v) is 16.8. The highest BCUT2D eigenvalue weighted by atomic mass is 79.9. The molecule has 2 aromatic carbocycles. The van der Waals surface area contributed by atoms with Crippen LogP contribution in [0.4, 0.5) is 5.69 Å². The number of hydrogen-bond acceptors (Lipinski definition) is 1. The molecule has 0 bridgehead atoms. The standard InChI is InChI=1S/C13H7Br3Cl3N/c14-6-3-8(15)13(9(16)4-6)20-5-7-10(17)1-2-11(18)12(7)19/h1-4,20H,5H2. The van der Waals surface area contributed by atoms with Gasteiger partial charge in [-0.25, -0.2) is 0 Å². The van der Waals surface area contributed by atoms with Gasteiger partial charge in [-0.2, -0.15) is 0 Å². The predicted molar refractivity (Wildman–Crippen MR) is 98.3 cm³/mol. The Bertz CT molecular complexity index is 639. The van der Waals surface area contributed by atoms with Gasteiger partial charge in [0.05, 0.1) is 15.7 Å². The molecule has 0 spiro atoms. The van der Waals surface area contributed by atoms with Gasteiger partial charge in [0, 0.05) is 30.5 Å². The predicted octanol–water partition coefficient (Wildman–Crippen LogP) is 7.55. The molecular formula is C13H7Br3Cl3N. The summed E-state index contributed by atoms with van der Waals surface area (Å²) in [5.41, 5.74) is 1.68. The molecule has 0 radical (unpaired) electrons. The van der Waals surface area contributed by atoms with Crippen molar-refractivity contribution < 1.29 is 0 Å². The zero-order chi connectivity index (χ0) is 14.9. The molecule has 1 N–H and O–H groups in total. The van der Waals surface area contributed by atoms with E-state index in [-0.39, 0.29) is 0 Å². The summed E-state index contributed by atoms with van der Waals surface area (Å²) in [4.78, 5) is 0. The summed E-state index contributed by atoms with van der Waals surface area (Å²) in [6, 6.07) is 7.32. The third-order valence-electron chi connectivity index (χ3n) is 2.59. The van der Waals surface area contributed by atoms with E-state index in [0.717, 1.165) is 24.7 Å². The third-order valence-corrected chi connectivity index (χ3v) is 5.49. The second-order valence-electron chi connectivity index (χ2n) is 3.92. The fourth-order valence-electron chi connectivity index (χ4n) is 1.62. The summed E-state index contributed by atoms with van der Waals surface area (Å²) in [7, 11) is 0. The smallest absolute Gasteiger partial charge is 0.0657 e. The SMILES string of the molecule is Clc1ccc(Cl)c(CNc2c(Br)cc(Br)cc2Br)c1Cl. The van der Waals surface area contributed by atoms with Crippen molar-refractivity contribution in [3.63, 3.8) is 0 Å². The van der Waals surface area contributed by atoms with Crippen molar-refractivity contribution in [1.82, 2.24) is 0 Å². The number of anilines is 1. The number of rotatable bonds is 3. The van der Waals surface area contributed by atoms with Crippen LogP contribution in [0.1, 0.15) is 5.56 Å². The fraction of sp³-hybridized carbons (Fsp3) is 0.0769. The molecular weight excluding hydrogens is 516 g/mol. The van der Waals surface area contributed by atoms with Gasteiger partial charge >= 0.3 is 0 Å². The monoisotopic (exact) mass is 519 g/mol. The van der Waals surface area contributed by atoms with Crippen LogP contribution in [-0.2, 0) is 6.54 Å². The van der Waals surface area contributed by atoms with E-state index >= 15 is 0 Å². The molecule has 0 amide bonds. The highest BCUT2D eigenvalue weighted by molar-refractivity contribution is 9.11. The minimum atomic E-state index is 0.469. The Labute approximate surface area is 157 Å². The van der Waals surface area contributed by atoms with Crippen molar-refractivity contribution >= 4 is 88.3 Å². The fourth-order valence-corrected chi connectivity index (χ4v) is 4.84. The van der Waals surface area contributed by atoms with Crippen LogP contribution in [0.15, 0.2) is 37.7 Å². The lowest BCUT2D eigenvalue weighted by molar-refractivity contribution is 1.14. The molecule has 0 saturated carbocycles. The first-order valence-corrected chi connectivity index (χ1v) is 8.92. The van der Waals surface area contributed by atoms with Crippen LogP contribution in [0, 0.1) is 0 Å². The topological polar surface area (TPSA) is 12.0 Å². The van der Waals surface area contributed by atoms with Crippen LogP contribution in [0.2, 0.25) is 15.1 Å². The van der Waals surface area contributed by atoms with Gasteiger partial charge < -0.3 is 5.32 Å². The van der Waals surface area contributed by atoms with Crippen molar-refractivity contribution in [2.24, 2.45) is 0 Å². The molecule has 0 unspecified atom stereocenters. The highest BCUT2D eigenvalue weighted by Gasteiger charge is 2.12. The summed E-state index contributed by atoms with van der Waals surface area (Å²) in [6.45, 7) is 0.469. The van der Waals surface area contributed by atoms with Crippen LogP contribution < -0.4 is 5.32 Å². The zero-order valence-electron chi connectivity index (χ0n) is 9.78. The van der Waals surface area contributed by atoms with Gasteiger partial charge in [0.2, 0.25) is 0 Å². The maximum atomic E-state index is 6.18. The molecule has 0 fully saturated rings. The number of hydrogen-bond donors (Lipinski definition) is 1. The van der Waals surface area contributed by atoms with Crippen LogP contribution >= 0.6 is 82.6 Å². The quantitative estimate of drug-likeness (QED) is 0.410. The summed E-state index contributed by atoms with van der Waals surface area (Å²) in [5, 5.41) is 4.83. The van der Waals surface area contributed by atoms with E-state index in [0.29, 0.717) is 21.6 Å². The Balaban J connectivity index is 2.28. The molecule has 2 aromatic rings. The molecule has 1 nitrogen and oxygen atoms in total. The second-order valence-corrected chi connectivity index (χ2v) is 7.74. The first-order valence-electron chi connectivity index (χ1n) is 5.41. The summed E-state index contributed by atoms with van der Waals surface area (Å²) >= 11 is 28.8. The molecule has 20 heavy (non-hydrogen) atoms. The van der Waals surface area contributed by atoms with E-state index in [9.17, 15) is 0 Å². The molecule has 2 rings (SSSR count). The van der Waals surface area contributed by atoms with E-state index in [1.54, 1.807) is 12.1 Å². The molecule has 0 aliphatic rings. The first kappa shape index (κ1) is 16.9. The van der Waals surface area contributed by atoms with E-state index in [1.165, 1.54) is 0 Å². The van der Waals surface area contributed by atoms with Gasteiger partial charge in [-0.15, -0.1) is 0 Å². The van der Waals surface area contributed by atoms with E-state index in [4.69, 9.17) is 34.8 Å². The van der Waals surface area contributed by atoms with Crippen molar-refractivity contribution in [2.45, 2.75) is 6.54 Å². The molecule has 7 heteroatoms. The lowest BCUT2D eigenvalue weighted by atomic mass is 10.2. The molecule has 0 heterocycles. The minimum Gasteiger partial charge on any atom is -0.379 e. The molecule has 0 saturated heterocycles. The molecule has 0 aliphatic carbocycles. The summed E-state index contributed by atoms with van der Waals surface area (Å²) in [5.74, 6) is 0. The van der Waals surface area contributed by atoms with Crippen LogP contribution in [0.5, 0.6) is 0 Å². The van der Waals surface area contributed by atoms with E-state index in [2.05, 4.69) is 53.1 Å². The van der Waals surface area contributed by atoms with E-state index < -0.39 is 0 Å². The maximum Gasteiger partial charge on any atom is 0.0657 e. The molecule has 0 atom stereocenters. The van der Waals surface area contributed by atoms with Crippen LogP contribution in [0.25, 0.3) is 0 Å². The number of benzene rings is 2. The molecule has 0 aromatic heterocycles. The van der Waals surface area contributed by atoms with Gasteiger partial charge in [-0.3, -0.25) is 0 Å².